The van der Waals surface area contributed by atoms with Crippen LogP contribution in [-0.2, 0) is 4.79 Å². The molecule has 0 aromatic carbocycles. The number of carboxylic acids is 1. The Morgan fingerprint density at radius 2 is 2.35 bits per heavy atom. The molecule has 2 amide bonds. The van der Waals surface area contributed by atoms with Crippen LogP contribution in [0.4, 0.5) is 4.79 Å². The zero-order chi connectivity index (χ0) is 12.5. The lowest BCUT2D eigenvalue weighted by atomic mass is 9.99. The van der Waals surface area contributed by atoms with Crippen molar-refractivity contribution in [3.8, 4) is 0 Å². The van der Waals surface area contributed by atoms with Crippen molar-refractivity contribution < 1.29 is 19.8 Å². The molecule has 0 aliphatic carbocycles. The number of amides is 2. The number of carboxylic acid groups (broad SMARTS) is 1. The monoisotopic (exact) mass is 259 g/mol. The van der Waals surface area contributed by atoms with Gasteiger partial charge in [0.15, 0.2) is 5.72 Å². The normalized spacial score (nSPS) is 35.2. The molecule has 2 heterocycles. The van der Waals surface area contributed by atoms with E-state index in [9.17, 15) is 19.8 Å². The van der Waals surface area contributed by atoms with Crippen molar-refractivity contribution in [1.29, 1.82) is 0 Å². The van der Waals surface area contributed by atoms with Crippen LogP contribution >= 0.6 is 11.8 Å². The molecule has 2 fully saturated rings. The van der Waals surface area contributed by atoms with E-state index in [1.165, 1.54) is 0 Å². The summed E-state index contributed by atoms with van der Waals surface area (Å²) in [5.74, 6) is -0.364. The number of carbonyl (C=O) groups excluding carboxylic acids is 2. The van der Waals surface area contributed by atoms with Gasteiger partial charge in [0.2, 0.25) is 0 Å². The quantitative estimate of drug-likeness (QED) is 0.424. The summed E-state index contributed by atoms with van der Waals surface area (Å²) >= 11 is 1.60. The molecular formula is C10H15N2O4S-. The molecule has 3 atom stereocenters. The van der Waals surface area contributed by atoms with Gasteiger partial charge in [0.25, 0.3) is 0 Å². The molecule has 2 aliphatic heterocycles. The second-order valence-corrected chi connectivity index (χ2v) is 5.65. The lowest BCUT2D eigenvalue weighted by Gasteiger charge is -2.27. The van der Waals surface area contributed by atoms with Crippen LogP contribution in [0.1, 0.15) is 25.7 Å². The highest BCUT2D eigenvalue weighted by atomic mass is 32.2. The molecular weight excluding hydrogens is 244 g/mol. The fourth-order valence-corrected chi connectivity index (χ4v) is 3.86. The van der Waals surface area contributed by atoms with Crippen molar-refractivity contribution >= 4 is 23.8 Å². The van der Waals surface area contributed by atoms with E-state index in [1.54, 1.807) is 11.8 Å². The molecule has 17 heavy (non-hydrogen) atoms. The van der Waals surface area contributed by atoms with E-state index in [4.69, 9.17) is 0 Å². The van der Waals surface area contributed by atoms with E-state index in [1.807, 2.05) is 0 Å². The van der Waals surface area contributed by atoms with Crippen LogP contribution < -0.4 is 15.7 Å². The van der Waals surface area contributed by atoms with Gasteiger partial charge in [0, 0.05) is 11.7 Å². The van der Waals surface area contributed by atoms with Crippen LogP contribution in [-0.4, -0.2) is 39.9 Å². The molecule has 2 aliphatic rings. The van der Waals surface area contributed by atoms with E-state index in [0.717, 1.165) is 0 Å². The van der Waals surface area contributed by atoms with Crippen molar-refractivity contribution in [2.75, 3.05) is 5.75 Å². The van der Waals surface area contributed by atoms with Gasteiger partial charge in [-0.1, -0.05) is 6.42 Å². The number of unbranched alkanes of at least 4 members (excludes halogenated alkanes) is 1. The fourth-order valence-electron chi connectivity index (χ4n) is 2.29. The smallest absolute Gasteiger partial charge is 0.317 e. The zero-order valence-corrected chi connectivity index (χ0v) is 10.1. The molecule has 96 valence electrons. The largest absolute Gasteiger partial charge is 0.550 e. The van der Waals surface area contributed by atoms with Gasteiger partial charge in [0.05, 0.1) is 11.3 Å². The number of aliphatic hydroxyl groups is 1. The summed E-state index contributed by atoms with van der Waals surface area (Å²) in [7, 11) is 0. The summed E-state index contributed by atoms with van der Waals surface area (Å²) < 4.78 is 0. The number of aliphatic carboxylic acids is 1. The second-order valence-electron chi connectivity index (χ2n) is 4.42. The lowest BCUT2D eigenvalue weighted by molar-refractivity contribution is -0.305. The van der Waals surface area contributed by atoms with Crippen molar-refractivity contribution in [2.24, 2.45) is 0 Å². The summed E-state index contributed by atoms with van der Waals surface area (Å²) in [6.07, 6.45) is 1.98. The highest BCUT2D eigenvalue weighted by Gasteiger charge is 2.55. The van der Waals surface area contributed by atoms with Gasteiger partial charge in [-0.25, -0.2) is 4.79 Å². The average Bonchev–Trinajstić information content (AvgIpc) is 2.66. The number of carbonyl (C=O) groups is 2. The number of fused-ring (bicyclic) bond motifs is 1. The third-order valence-electron chi connectivity index (χ3n) is 3.20. The maximum absolute atomic E-state index is 11.1. The first-order chi connectivity index (χ1) is 8.02. The number of hydrogen-bond donors (Lipinski definition) is 3. The second kappa shape index (κ2) is 4.73. The summed E-state index contributed by atoms with van der Waals surface area (Å²) in [5, 5.41) is 25.7. The van der Waals surface area contributed by atoms with Crippen molar-refractivity contribution in [2.45, 2.75) is 42.7 Å². The molecule has 0 radical (unpaired) electrons. The predicted molar refractivity (Wildman–Crippen MR) is 60.1 cm³/mol. The van der Waals surface area contributed by atoms with Crippen LogP contribution in [0.3, 0.4) is 0 Å². The van der Waals surface area contributed by atoms with Gasteiger partial charge in [-0.15, -0.1) is 0 Å². The van der Waals surface area contributed by atoms with E-state index < -0.39 is 11.7 Å². The number of urea groups is 1. The number of nitrogens with one attached hydrogen (secondary N) is 2. The van der Waals surface area contributed by atoms with Crippen molar-refractivity contribution in [3.05, 3.63) is 0 Å². The first-order valence-electron chi connectivity index (χ1n) is 5.65. The molecule has 3 N–H and O–H groups in total. The Labute approximate surface area is 103 Å². The van der Waals surface area contributed by atoms with Crippen molar-refractivity contribution in [1.82, 2.24) is 10.6 Å². The first kappa shape index (κ1) is 12.5. The van der Waals surface area contributed by atoms with Gasteiger partial charge >= 0.3 is 6.03 Å². The van der Waals surface area contributed by atoms with E-state index in [2.05, 4.69) is 10.6 Å². The Morgan fingerprint density at radius 3 is 3.06 bits per heavy atom. The third-order valence-corrected chi connectivity index (χ3v) is 4.73. The minimum atomic E-state index is -1.18. The van der Waals surface area contributed by atoms with Gasteiger partial charge in [-0.05, 0) is 19.3 Å². The van der Waals surface area contributed by atoms with Crippen LogP contribution in [0, 0.1) is 0 Å². The molecule has 0 bridgehead atoms. The van der Waals surface area contributed by atoms with E-state index in [-0.39, 0.29) is 23.7 Å². The number of thioether (sulfide) groups is 1. The van der Waals surface area contributed by atoms with Crippen LogP contribution in [0.25, 0.3) is 0 Å². The minimum absolute atomic E-state index is 0.0455. The lowest BCUT2D eigenvalue weighted by Crippen LogP contribution is -2.53. The minimum Gasteiger partial charge on any atom is -0.550 e. The highest BCUT2D eigenvalue weighted by molar-refractivity contribution is 8.00. The Kier molecular flexibility index (Phi) is 3.48. The maximum Gasteiger partial charge on any atom is 0.317 e. The molecule has 0 spiro atoms. The molecule has 0 aromatic rings. The summed E-state index contributed by atoms with van der Waals surface area (Å²) in [4.78, 5) is 21.4. The van der Waals surface area contributed by atoms with Crippen LogP contribution in [0.5, 0.6) is 0 Å². The molecule has 0 saturated carbocycles. The standard InChI is InChI=1S/C10H16N2O4S/c13-8(14)4-2-1-3-7-10(16)6(5-17-7)11-9(15)12-10/h6-7,16H,1-5H2,(H,13,14)(H2,11,12,15)/p-1/t6-,7-,10+/m0/s1. The zero-order valence-electron chi connectivity index (χ0n) is 9.27. The molecule has 6 nitrogen and oxygen atoms in total. The van der Waals surface area contributed by atoms with Crippen molar-refractivity contribution in [3.63, 3.8) is 0 Å². The van der Waals surface area contributed by atoms with Crippen LogP contribution in [0.15, 0.2) is 0 Å². The van der Waals surface area contributed by atoms with Gasteiger partial charge in [-0.3, -0.25) is 0 Å². The first-order valence-corrected chi connectivity index (χ1v) is 6.70. The maximum atomic E-state index is 11.1. The highest BCUT2D eigenvalue weighted by Crippen LogP contribution is 2.39. The molecule has 2 saturated heterocycles. The SMILES string of the molecule is O=C([O-])CCCC[C@@H]1SC[C@@H]2NC(=O)N[C@@]21O. The topological polar surface area (TPSA) is 101 Å². The van der Waals surface area contributed by atoms with Gasteiger partial charge in [0.1, 0.15) is 0 Å². The Hall–Kier alpha value is -0.950. The average molecular weight is 259 g/mol. The molecule has 7 heteroatoms. The predicted octanol–water partition coefficient (Wildman–Crippen LogP) is -1.22. The Morgan fingerprint density at radius 1 is 1.59 bits per heavy atom. The number of rotatable bonds is 5. The van der Waals surface area contributed by atoms with Gasteiger partial charge < -0.3 is 25.6 Å². The molecule has 0 aromatic heterocycles. The molecule has 2 rings (SSSR count). The van der Waals surface area contributed by atoms with Crippen LogP contribution in [0.2, 0.25) is 0 Å². The molecule has 0 unspecified atom stereocenters. The van der Waals surface area contributed by atoms with E-state index in [0.29, 0.717) is 25.0 Å². The van der Waals surface area contributed by atoms with E-state index >= 15 is 0 Å². The summed E-state index contributed by atoms with van der Waals surface area (Å²) in [6.45, 7) is 0. The van der Waals surface area contributed by atoms with Gasteiger partial charge in [-0.2, -0.15) is 11.8 Å². The third kappa shape index (κ3) is 2.50. The Bertz CT molecular complexity index is 338. The Balaban J connectivity index is 1.82. The fraction of sp³-hybridized carbons (Fsp3) is 0.800. The summed E-state index contributed by atoms with van der Waals surface area (Å²) in [5.41, 5.74) is -1.18. The summed E-state index contributed by atoms with van der Waals surface area (Å²) in [6, 6.07) is -0.580. The number of hydrogen-bond acceptors (Lipinski definition) is 5.